The van der Waals surface area contributed by atoms with Gasteiger partial charge in [-0.2, -0.15) is 0 Å². The van der Waals surface area contributed by atoms with Crippen molar-refractivity contribution in [2.75, 3.05) is 25.6 Å². The van der Waals surface area contributed by atoms with Crippen LogP contribution in [0.5, 0.6) is 0 Å². The number of aliphatic hydroxyl groups is 1. The highest BCUT2D eigenvalue weighted by Crippen LogP contribution is 2.24. The van der Waals surface area contributed by atoms with Crippen LogP contribution in [0, 0.1) is 0 Å². The summed E-state index contributed by atoms with van der Waals surface area (Å²) in [5.41, 5.74) is 0.151. The van der Waals surface area contributed by atoms with Crippen molar-refractivity contribution in [3.8, 4) is 0 Å². The van der Waals surface area contributed by atoms with Crippen molar-refractivity contribution in [3.05, 3.63) is 36.0 Å². The molecular formula is C14H16N2O4. The van der Waals surface area contributed by atoms with E-state index in [9.17, 15) is 9.90 Å². The molecule has 1 unspecified atom stereocenters. The molecule has 0 amide bonds. The molecule has 0 aliphatic rings. The fraction of sp³-hybridized carbons (Fsp3) is 0.286. The molecule has 1 aromatic carbocycles. The van der Waals surface area contributed by atoms with Gasteiger partial charge in [0.1, 0.15) is 5.82 Å². The Bertz CT molecular complexity index is 615. The van der Waals surface area contributed by atoms with Crippen LogP contribution < -0.4 is 5.32 Å². The van der Waals surface area contributed by atoms with Crippen molar-refractivity contribution in [1.29, 1.82) is 0 Å². The number of aromatic nitrogens is 1. The predicted molar refractivity (Wildman–Crippen MR) is 75.1 cm³/mol. The normalized spacial score (nSPS) is 12.3. The van der Waals surface area contributed by atoms with Crippen LogP contribution in [0.25, 0.3) is 10.8 Å². The second-order valence-corrected chi connectivity index (χ2v) is 4.35. The molecule has 0 bridgehead atoms. The molecular weight excluding hydrogens is 260 g/mol. The number of methoxy groups -OCH3 is 1. The van der Waals surface area contributed by atoms with E-state index in [1.54, 1.807) is 25.3 Å². The zero-order chi connectivity index (χ0) is 14.5. The van der Waals surface area contributed by atoms with E-state index in [2.05, 4.69) is 10.3 Å². The third-order valence-corrected chi connectivity index (χ3v) is 2.95. The summed E-state index contributed by atoms with van der Waals surface area (Å²) in [6.07, 6.45) is 1.31. The second kappa shape index (κ2) is 6.31. The number of anilines is 1. The Hall–Kier alpha value is -2.18. The number of nitrogens with zero attached hydrogens (tertiary/aromatic N) is 1. The Labute approximate surface area is 116 Å². The van der Waals surface area contributed by atoms with Crippen LogP contribution in [0.15, 0.2) is 30.5 Å². The van der Waals surface area contributed by atoms with Gasteiger partial charge in [-0.25, -0.2) is 9.78 Å². The molecule has 0 radical (unpaired) electrons. The van der Waals surface area contributed by atoms with Crippen molar-refractivity contribution in [3.63, 3.8) is 0 Å². The summed E-state index contributed by atoms with van der Waals surface area (Å²) >= 11 is 0. The van der Waals surface area contributed by atoms with E-state index in [-0.39, 0.29) is 18.2 Å². The lowest BCUT2D eigenvalue weighted by Gasteiger charge is -2.17. The monoisotopic (exact) mass is 276 g/mol. The second-order valence-electron chi connectivity index (χ2n) is 4.35. The van der Waals surface area contributed by atoms with E-state index in [1.807, 2.05) is 6.07 Å². The molecule has 6 nitrogen and oxygen atoms in total. The number of hydrogen-bond acceptors (Lipinski definition) is 5. The first-order valence-corrected chi connectivity index (χ1v) is 6.14. The third-order valence-electron chi connectivity index (χ3n) is 2.95. The van der Waals surface area contributed by atoms with Gasteiger partial charge in [0.15, 0.2) is 0 Å². The fourth-order valence-corrected chi connectivity index (χ4v) is 2.01. The number of pyridine rings is 1. The summed E-state index contributed by atoms with van der Waals surface area (Å²) in [6, 6.07) is 6.81. The van der Waals surface area contributed by atoms with Crippen LogP contribution >= 0.6 is 0 Å². The molecule has 1 heterocycles. The summed E-state index contributed by atoms with van der Waals surface area (Å²) in [5.74, 6) is -0.488. The van der Waals surface area contributed by atoms with Gasteiger partial charge in [-0.15, -0.1) is 0 Å². The van der Waals surface area contributed by atoms with Gasteiger partial charge in [0.25, 0.3) is 0 Å². The van der Waals surface area contributed by atoms with Crippen LogP contribution in [-0.4, -0.2) is 47.5 Å². The van der Waals surface area contributed by atoms with Crippen LogP contribution in [0.4, 0.5) is 5.82 Å². The highest BCUT2D eigenvalue weighted by molar-refractivity contribution is 6.06. The van der Waals surface area contributed by atoms with Gasteiger partial charge in [-0.05, 0) is 0 Å². The minimum atomic E-state index is -1.02. The number of carbonyl (C=O) groups is 1. The maximum absolute atomic E-state index is 11.2. The zero-order valence-electron chi connectivity index (χ0n) is 11.0. The quantitative estimate of drug-likeness (QED) is 0.737. The highest BCUT2D eigenvalue weighted by Gasteiger charge is 2.14. The number of fused-ring (bicyclic) bond motifs is 1. The van der Waals surface area contributed by atoms with Gasteiger partial charge in [-0.1, -0.05) is 24.3 Å². The maximum Gasteiger partial charge on any atom is 0.337 e. The summed E-state index contributed by atoms with van der Waals surface area (Å²) < 4.78 is 5.00. The van der Waals surface area contributed by atoms with Crippen molar-refractivity contribution in [2.24, 2.45) is 0 Å². The highest BCUT2D eigenvalue weighted by atomic mass is 16.5. The first-order valence-electron chi connectivity index (χ1n) is 6.14. The number of aliphatic hydroxyl groups excluding tert-OH is 1. The minimum absolute atomic E-state index is 0.107. The van der Waals surface area contributed by atoms with Crippen LogP contribution in [0.2, 0.25) is 0 Å². The minimum Gasteiger partial charge on any atom is -0.478 e. The number of rotatable bonds is 6. The van der Waals surface area contributed by atoms with Crippen LogP contribution in [0.3, 0.4) is 0 Å². The van der Waals surface area contributed by atoms with E-state index in [0.29, 0.717) is 23.2 Å². The Morgan fingerprint density at radius 3 is 2.70 bits per heavy atom. The Balaban J connectivity index is 2.45. The fourth-order valence-electron chi connectivity index (χ4n) is 2.01. The van der Waals surface area contributed by atoms with E-state index in [1.165, 1.54) is 6.20 Å². The van der Waals surface area contributed by atoms with Gasteiger partial charge >= 0.3 is 5.97 Å². The maximum atomic E-state index is 11.2. The average molecular weight is 276 g/mol. The number of carboxylic acid groups (broad SMARTS) is 1. The van der Waals surface area contributed by atoms with Gasteiger partial charge in [0.2, 0.25) is 0 Å². The van der Waals surface area contributed by atoms with E-state index in [4.69, 9.17) is 9.84 Å². The average Bonchev–Trinajstić information content (AvgIpc) is 2.46. The molecule has 0 aliphatic heterocycles. The first-order chi connectivity index (χ1) is 9.67. The van der Waals surface area contributed by atoms with Crippen molar-refractivity contribution in [1.82, 2.24) is 4.98 Å². The van der Waals surface area contributed by atoms with E-state index >= 15 is 0 Å². The zero-order valence-corrected chi connectivity index (χ0v) is 11.0. The number of hydrogen-bond donors (Lipinski definition) is 3. The molecule has 1 atom stereocenters. The molecule has 0 fully saturated rings. The molecule has 2 rings (SSSR count). The largest absolute Gasteiger partial charge is 0.478 e. The molecule has 0 saturated heterocycles. The summed E-state index contributed by atoms with van der Waals surface area (Å²) in [6.45, 7) is 0.220. The lowest BCUT2D eigenvalue weighted by atomic mass is 10.1. The predicted octanol–water partition coefficient (Wildman–Crippen LogP) is 1.35. The molecule has 2 aromatic rings. The van der Waals surface area contributed by atoms with Crippen LogP contribution in [-0.2, 0) is 4.74 Å². The smallest absolute Gasteiger partial charge is 0.337 e. The molecule has 6 heteroatoms. The molecule has 0 saturated carbocycles. The van der Waals surface area contributed by atoms with Crippen molar-refractivity contribution in [2.45, 2.75) is 6.04 Å². The summed E-state index contributed by atoms with van der Waals surface area (Å²) in [4.78, 5) is 15.3. The lowest BCUT2D eigenvalue weighted by Crippen LogP contribution is -2.29. The van der Waals surface area contributed by atoms with E-state index < -0.39 is 5.97 Å². The Kier molecular flexibility index (Phi) is 4.49. The van der Waals surface area contributed by atoms with Gasteiger partial charge in [0, 0.05) is 24.1 Å². The SMILES string of the molecule is COCC(CO)Nc1ncc(C(=O)O)c2ccccc12. The van der Waals surface area contributed by atoms with Crippen LogP contribution in [0.1, 0.15) is 10.4 Å². The number of benzene rings is 1. The summed E-state index contributed by atoms with van der Waals surface area (Å²) in [5, 5.41) is 22.8. The van der Waals surface area contributed by atoms with Gasteiger partial charge < -0.3 is 20.3 Å². The number of carboxylic acids is 1. The molecule has 1 aromatic heterocycles. The molecule has 3 N–H and O–H groups in total. The van der Waals surface area contributed by atoms with Gasteiger partial charge in [0.05, 0.1) is 24.8 Å². The topological polar surface area (TPSA) is 91.7 Å². The molecule has 20 heavy (non-hydrogen) atoms. The Morgan fingerprint density at radius 1 is 1.40 bits per heavy atom. The molecule has 106 valence electrons. The standard InChI is InChI=1S/C14H16N2O4/c1-20-8-9(7-17)16-13-11-5-3-2-4-10(11)12(6-15-13)14(18)19/h2-6,9,17H,7-8H2,1H3,(H,15,16)(H,18,19). The third kappa shape index (κ3) is 2.87. The molecule has 0 aliphatic carbocycles. The lowest BCUT2D eigenvalue weighted by molar-refractivity contribution is 0.0698. The van der Waals surface area contributed by atoms with Crippen molar-refractivity contribution < 1.29 is 19.7 Å². The first kappa shape index (κ1) is 14.2. The van der Waals surface area contributed by atoms with E-state index in [0.717, 1.165) is 0 Å². The van der Waals surface area contributed by atoms with Gasteiger partial charge in [-0.3, -0.25) is 0 Å². The Morgan fingerprint density at radius 2 is 2.10 bits per heavy atom. The molecule has 0 spiro atoms. The van der Waals surface area contributed by atoms with Crippen molar-refractivity contribution >= 4 is 22.6 Å². The number of ether oxygens (including phenoxy) is 1. The number of aromatic carboxylic acids is 1. The number of nitrogens with one attached hydrogen (secondary N) is 1. The summed E-state index contributed by atoms with van der Waals surface area (Å²) in [7, 11) is 1.55.